The lowest BCUT2D eigenvalue weighted by Gasteiger charge is -2.23. The summed E-state index contributed by atoms with van der Waals surface area (Å²) in [6.45, 7) is 0. The number of fused-ring (bicyclic) bond motifs is 1. The quantitative estimate of drug-likeness (QED) is 0.755. The molecule has 5 heteroatoms. The van der Waals surface area contributed by atoms with Gasteiger partial charge in [-0.1, -0.05) is 34.1 Å². The highest BCUT2D eigenvalue weighted by Gasteiger charge is 2.35. The van der Waals surface area contributed by atoms with Crippen molar-refractivity contribution in [2.24, 2.45) is 11.8 Å². The van der Waals surface area contributed by atoms with Gasteiger partial charge in [0.2, 0.25) is 0 Å². The highest BCUT2D eigenvalue weighted by molar-refractivity contribution is 9.09. The zero-order valence-corrected chi connectivity index (χ0v) is 14.5. The van der Waals surface area contributed by atoms with E-state index in [1.165, 1.54) is 10.5 Å². The summed E-state index contributed by atoms with van der Waals surface area (Å²) >= 11 is 5.57. The van der Waals surface area contributed by atoms with Crippen molar-refractivity contribution in [1.82, 2.24) is 0 Å². The zero-order valence-electron chi connectivity index (χ0n) is 11.3. The third-order valence-electron chi connectivity index (χ3n) is 4.41. The molecule has 20 heavy (non-hydrogen) atoms. The summed E-state index contributed by atoms with van der Waals surface area (Å²) in [4.78, 5) is 1.41. The minimum Gasteiger partial charge on any atom is -0.229 e. The molecule has 1 aromatic carbocycles. The first kappa shape index (κ1) is 14.9. The molecular weight excluding hydrogens is 356 g/mol. The summed E-state index contributed by atoms with van der Waals surface area (Å²) in [6.07, 6.45) is 3.09. The van der Waals surface area contributed by atoms with Crippen LogP contribution in [0.15, 0.2) is 29.2 Å². The van der Waals surface area contributed by atoms with E-state index < -0.39 is 9.84 Å². The molecule has 0 aromatic heterocycles. The average Bonchev–Trinajstić information content (AvgIpc) is 2.98. The Hall–Kier alpha value is -0.000000000000000111. The van der Waals surface area contributed by atoms with Crippen molar-refractivity contribution in [2.45, 2.75) is 29.4 Å². The molecule has 1 fully saturated rings. The number of halogens is 1. The monoisotopic (exact) mass is 374 g/mol. The number of sulfone groups is 1. The number of hydrogen-bond donors (Lipinski definition) is 0. The van der Waals surface area contributed by atoms with Gasteiger partial charge in [-0.3, -0.25) is 0 Å². The van der Waals surface area contributed by atoms with E-state index in [0.29, 0.717) is 28.6 Å². The summed E-state index contributed by atoms with van der Waals surface area (Å²) < 4.78 is 23.3. The minimum absolute atomic E-state index is 0.351. The van der Waals surface area contributed by atoms with Gasteiger partial charge in [-0.05, 0) is 42.7 Å². The molecule has 0 aliphatic carbocycles. The molecule has 2 heterocycles. The SMILES string of the molecule is O=S1(=O)CCC(C(CBr)CC2Cc3ccccc3S2)C1. The van der Waals surface area contributed by atoms with Gasteiger partial charge in [0.1, 0.15) is 0 Å². The Morgan fingerprint density at radius 2 is 2.15 bits per heavy atom. The molecule has 0 spiro atoms. The second-order valence-electron chi connectivity index (χ2n) is 5.86. The standard InChI is InChI=1S/C15H19BrO2S2/c16-9-13(12-5-6-20(17,18)10-12)8-14-7-11-3-1-2-4-15(11)19-14/h1-4,12-14H,5-10H2. The molecule has 110 valence electrons. The molecule has 0 N–H and O–H groups in total. The van der Waals surface area contributed by atoms with Crippen LogP contribution in [-0.2, 0) is 16.3 Å². The Labute approximate surface area is 133 Å². The van der Waals surface area contributed by atoms with Gasteiger partial charge in [-0.2, -0.15) is 0 Å². The van der Waals surface area contributed by atoms with Gasteiger partial charge >= 0.3 is 0 Å². The summed E-state index contributed by atoms with van der Waals surface area (Å²) in [5.41, 5.74) is 1.45. The molecule has 3 atom stereocenters. The van der Waals surface area contributed by atoms with Crippen LogP contribution in [0.2, 0.25) is 0 Å². The molecule has 2 nitrogen and oxygen atoms in total. The first-order chi connectivity index (χ1) is 9.57. The van der Waals surface area contributed by atoms with Crippen molar-refractivity contribution in [3.05, 3.63) is 29.8 Å². The Morgan fingerprint density at radius 1 is 1.35 bits per heavy atom. The molecule has 1 saturated heterocycles. The van der Waals surface area contributed by atoms with Crippen LogP contribution in [0.3, 0.4) is 0 Å². The van der Waals surface area contributed by atoms with Crippen LogP contribution in [-0.4, -0.2) is 30.5 Å². The maximum absolute atomic E-state index is 11.7. The topological polar surface area (TPSA) is 34.1 Å². The molecule has 0 bridgehead atoms. The van der Waals surface area contributed by atoms with Gasteiger partial charge < -0.3 is 0 Å². The number of rotatable bonds is 4. The van der Waals surface area contributed by atoms with Crippen molar-refractivity contribution in [3.8, 4) is 0 Å². The van der Waals surface area contributed by atoms with E-state index in [2.05, 4.69) is 40.2 Å². The number of alkyl halides is 1. The molecule has 0 radical (unpaired) electrons. The molecule has 0 saturated carbocycles. The lowest BCUT2D eigenvalue weighted by molar-refractivity contribution is 0.376. The van der Waals surface area contributed by atoms with Crippen LogP contribution < -0.4 is 0 Å². The second-order valence-corrected chi connectivity index (χ2v) is 10.1. The lowest BCUT2D eigenvalue weighted by atomic mass is 9.88. The van der Waals surface area contributed by atoms with Crippen molar-refractivity contribution < 1.29 is 8.42 Å². The maximum atomic E-state index is 11.7. The van der Waals surface area contributed by atoms with E-state index in [1.807, 2.05) is 11.8 Å². The molecule has 0 amide bonds. The second kappa shape index (κ2) is 6.01. The van der Waals surface area contributed by atoms with Gasteiger partial charge in [0.25, 0.3) is 0 Å². The van der Waals surface area contributed by atoms with E-state index in [9.17, 15) is 8.42 Å². The fraction of sp³-hybridized carbons (Fsp3) is 0.600. The Balaban J connectivity index is 1.63. The van der Waals surface area contributed by atoms with Crippen LogP contribution in [0.1, 0.15) is 18.4 Å². The zero-order chi connectivity index (χ0) is 14.2. The van der Waals surface area contributed by atoms with Crippen LogP contribution in [0, 0.1) is 11.8 Å². The van der Waals surface area contributed by atoms with Crippen molar-refractivity contribution >= 4 is 37.5 Å². The van der Waals surface area contributed by atoms with Gasteiger partial charge in [-0.15, -0.1) is 11.8 Å². The van der Waals surface area contributed by atoms with E-state index in [-0.39, 0.29) is 0 Å². The first-order valence-electron chi connectivity index (χ1n) is 7.08. The number of thioether (sulfide) groups is 1. The van der Waals surface area contributed by atoms with Gasteiger partial charge in [0.15, 0.2) is 9.84 Å². The average molecular weight is 375 g/mol. The van der Waals surface area contributed by atoms with E-state index in [1.54, 1.807) is 0 Å². The van der Waals surface area contributed by atoms with Crippen molar-refractivity contribution in [3.63, 3.8) is 0 Å². The third-order valence-corrected chi connectivity index (χ3v) is 8.38. The largest absolute Gasteiger partial charge is 0.229 e. The normalized spacial score (nSPS) is 29.2. The fourth-order valence-corrected chi connectivity index (χ4v) is 7.44. The fourth-order valence-electron chi connectivity index (χ4n) is 3.30. The molecule has 3 unspecified atom stereocenters. The van der Waals surface area contributed by atoms with Crippen LogP contribution in [0.5, 0.6) is 0 Å². The highest BCUT2D eigenvalue weighted by atomic mass is 79.9. The van der Waals surface area contributed by atoms with E-state index >= 15 is 0 Å². The summed E-state index contributed by atoms with van der Waals surface area (Å²) in [7, 11) is -2.77. The highest BCUT2D eigenvalue weighted by Crippen LogP contribution is 2.42. The Bertz CT molecular complexity index is 560. The number of hydrogen-bond acceptors (Lipinski definition) is 3. The molecular formula is C15H19BrO2S2. The van der Waals surface area contributed by atoms with Gasteiger partial charge in [-0.25, -0.2) is 8.42 Å². The smallest absolute Gasteiger partial charge is 0.150 e. The minimum atomic E-state index is -2.77. The van der Waals surface area contributed by atoms with Crippen LogP contribution >= 0.6 is 27.7 Å². The van der Waals surface area contributed by atoms with Gasteiger partial charge in [0, 0.05) is 15.5 Å². The molecule has 2 aliphatic rings. The Morgan fingerprint density at radius 3 is 2.80 bits per heavy atom. The molecule has 3 rings (SSSR count). The molecule has 1 aromatic rings. The first-order valence-corrected chi connectivity index (χ1v) is 10.9. The predicted molar refractivity (Wildman–Crippen MR) is 88.5 cm³/mol. The third kappa shape index (κ3) is 3.25. The van der Waals surface area contributed by atoms with Gasteiger partial charge in [0.05, 0.1) is 11.5 Å². The summed E-state index contributed by atoms with van der Waals surface area (Å²) in [5, 5.41) is 1.53. The maximum Gasteiger partial charge on any atom is 0.150 e. The van der Waals surface area contributed by atoms with Crippen LogP contribution in [0.4, 0.5) is 0 Å². The van der Waals surface area contributed by atoms with E-state index in [4.69, 9.17) is 0 Å². The summed E-state index contributed by atoms with van der Waals surface area (Å²) in [5.74, 6) is 1.62. The lowest BCUT2D eigenvalue weighted by Crippen LogP contribution is -2.22. The molecule has 2 aliphatic heterocycles. The van der Waals surface area contributed by atoms with E-state index in [0.717, 1.165) is 24.6 Å². The Kier molecular flexibility index (Phi) is 4.48. The van der Waals surface area contributed by atoms with Crippen molar-refractivity contribution in [2.75, 3.05) is 16.8 Å². The summed E-state index contributed by atoms with van der Waals surface area (Å²) in [6, 6.07) is 8.61. The van der Waals surface area contributed by atoms with Crippen molar-refractivity contribution in [1.29, 1.82) is 0 Å². The van der Waals surface area contributed by atoms with Crippen LogP contribution in [0.25, 0.3) is 0 Å². The number of benzene rings is 1. The predicted octanol–water partition coefficient (Wildman–Crippen LogP) is 3.54.